The van der Waals surface area contributed by atoms with Crippen LogP contribution in [0.25, 0.3) is 0 Å². The average molecular weight is 288 g/mol. The second-order valence-electron chi connectivity index (χ2n) is 6.04. The van der Waals surface area contributed by atoms with Crippen molar-refractivity contribution in [2.75, 3.05) is 14.2 Å². The van der Waals surface area contributed by atoms with E-state index in [0.717, 1.165) is 19.3 Å². The highest BCUT2D eigenvalue weighted by Gasteiger charge is 2.61. The van der Waals surface area contributed by atoms with Crippen LogP contribution in [0.3, 0.4) is 0 Å². The van der Waals surface area contributed by atoms with Crippen molar-refractivity contribution in [2.24, 2.45) is 17.3 Å². The lowest BCUT2D eigenvalue weighted by Gasteiger charge is -2.36. The second kappa shape index (κ2) is 5.17. The summed E-state index contributed by atoms with van der Waals surface area (Å²) in [5.74, 6) is -0.562. The molecule has 1 fully saturated rings. The van der Waals surface area contributed by atoms with E-state index < -0.39 is 17.4 Å². The van der Waals surface area contributed by atoms with Gasteiger partial charge in [-0.25, -0.2) is 0 Å². The molecule has 3 rings (SSSR count). The zero-order valence-corrected chi connectivity index (χ0v) is 12.4. The zero-order chi connectivity index (χ0) is 15.0. The number of fused-ring (bicyclic) bond motifs is 2. The fourth-order valence-corrected chi connectivity index (χ4v) is 4.22. The van der Waals surface area contributed by atoms with Crippen LogP contribution in [0.15, 0.2) is 24.3 Å². The topological polar surface area (TPSA) is 52.6 Å². The summed E-state index contributed by atoms with van der Waals surface area (Å²) < 4.78 is 9.92. The molecule has 0 saturated heterocycles. The lowest BCUT2D eigenvalue weighted by molar-refractivity contribution is -0.173. The van der Waals surface area contributed by atoms with Crippen LogP contribution in [0.5, 0.6) is 0 Å². The summed E-state index contributed by atoms with van der Waals surface area (Å²) in [7, 11) is 2.69. The summed E-state index contributed by atoms with van der Waals surface area (Å²) >= 11 is 0. The highest BCUT2D eigenvalue weighted by atomic mass is 16.5. The summed E-state index contributed by atoms with van der Waals surface area (Å²) in [5.41, 5.74) is 1.45. The third-order valence-electron chi connectivity index (χ3n) is 5.25. The Hall–Kier alpha value is -1.84. The molecule has 0 N–H and O–H groups in total. The maximum absolute atomic E-state index is 12.4. The third-order valence-corrected chi connectivity index (χ3v) is 5.25. The van der Waals surface area contributed by atoms with Crippen molar-refractivity contribution >= 4 is 11.9 Å². The van der Waals surface area contributed by atoms with Gasteiger partial charge in [-0.2, -0.15) is 0 Å². The first-order valence-electron chi connectivity index (χ1n) is 7.37. The van der Waals surface area contributed by atoms with E-state index in [1.807, 2.05) is 12.1 Å². The largest absolute Gasteiger partial charge is 0.468 e. The smallest absolute Gasteiger partial charge is 0.323 e. The average Bonchev–Trinajstić information content (AvgIpc) is 2.90. The maximum atomic E-state index is 12.4. The Balaban J connectivity index is 2.02. The fraction of sp³-hybridized carbons (Fsp3) is 0.529. The summed E-state index contributed by atoms with van der Waals surface area (Å²) in [5, 5.41) is 0. The molecule has 0 spiro atoms. The minimum atomic E-state index is -1.12. The molecule has 1 aromatic rings. The van der Waals surface area contributed by atoms with E-state index in [9.17, 15) is 9.59 Å². The fourth-order valence-electron chi connectivity index (χ4n) is 4.22. The Bertz CT molecular complexity index is 562. The molecule has 2 aliphatic rings. The molecule has 0 radical (unpaired) electrons. The van der Waals surface area contributed by atoms with E-state index in [4.69, 9.17) is 9.47 Å². The molecule has 1 aromatic carbocycles. The molecule has 4 heteroatoms. The Kier molecular flexibility index (Phi) is 3.47. The monoisotopic (exact) mass is 288 g/mol. The summed E-state index contributed by atoms with van der Waals surface area (Å²) in [4.78, 5) is 24.8. The Morgan fingerprint density at radius 3 is 2.19 bits per heavy atom. The van der Waals surface area contributed by atoms with Crippen LogP contribution in [0.1, 0.15) is 24.0 Å². The minimum absolute atomic E-state index is 0.0210. The summed E-state index contributed by atoms with van der Waals surface area (Å²) in [6.07, 6.45) is 3.06. The van der Waals surface area contributed by atoms with Gasteiger partial charge in [-0.05, 0) is 48.6 Å². The maximum Gasteiger partial charge on any atom is 0.323 e. The predicted molar refractivity (Wildman–Crippen MR) is 76.5 cm³/mol. The molecule has 2 atom stereocenters. The molecule has 0 bridgehead atoms. The van der Waals surface area contributed by atoms with Crippen molar-refractivity contribution in [1.82, 2.24) is 0 Å². The van der Waals surface area contributed by atoms with E-state index in [1.165, 1.54) is 25.3 Å². The number of hydrogen-bond acceptors (Lipinski definition) is 4. The first kappa shape index (κ1) is 14.1. The molecule has 4 nitrogen and oxygen atoms in total. The molecule has 0 amide bonds. The van der Waals surface area contributed by atoms with E-state index in [0.29, 0.717) is 12.3 Å². The van der Waals surface area contributed by atoms with E-state index in [1.54, 1.807) is 0 Å². The molecule has 0 heterocycles. The van der Waals surface area contributed by atoms with Gasteiger partial charge in [0.25, 0.3) is 0 Å². The number of hydrogen-bond donors (Lipinski definition) is 0. The SMILES string of the molecule is COC(=O)C1(C(=O)OC)CC[C@@H]2Cc3ccccc3C[C@@H]21. The van der Waals surface area contributed by atoms with Gasteiger partial charge in [0, 0.05) is 0 Å². The van der Waals surface area contributed by atoms with Crippen molar-refractivity contribution in [1.29, 1.82) is 0 Å². The number of ether oxygens (including phenoxy) is 2. The van der Waals surface area contributed by atoms with Gasteiger partial charge in [-0.15, -0.1) is 0 Å². The Labute approximate surface area is 124 Å². The molecule has 21 heavy (non-hydrogen) atoms. The van der Waals surface area contributed by atoms with Gasteiger partial charge in [0.15, 0.2) is 5.41 Å². The Morgan fingerprint density at radius 2 is 1.62 bits per heavy atom. The quantitative estimate of drug-likeness (QED) is 0.618. The number of carbonyl (C=O) groups is 2. The van der Waals surface area contributed by atoms with Crippen LogP contribution in [0.2, 0.25) is 0 Å². The van der Waals surface area contributed by atoms with Gasteiger partial charge in [0.05, 0.1) is 14.2 Å². The molecule has 0 unspecified atom stereocenters. The number of esters is 2. The first-order valence-corrected chi connectivity index (χ1v) is 7.37. The van der Waals surface area contributed by atoms with Crippen molar-refractivity contribution in [3.8, 4) is 0 Å². The van der Waals surface area contributed by atoms with Crippen LogP contribution in [0.4, 0.5) is 0 Å². The zero-order valence-electron chi connectivity index (χ0n) is 12.4. The predicted octanol–water partition coefficient (Wildman–Crippen LogP) is 2.14. The summed E-state index contributed by atoms with van der Waals surface area (Å²) in [6, 6.07) is 8.28. The highest BCUT2D eigenvalue weighted by molar-refractivity contribution is 6.01. The molecule has 0 aliphatic heterocycles. The summed E-state index contributed by atoms with van der Waals surface area (Å²) in [6.45, 7) is 0. The number of rotatable bonds is 2. The van der Waals surface area contributed by atoms with Crippen molar-refractivity contribution in [3.05, 3.63) is 35.4 Å². The number of methoxy groups -OCH3 is 2. The van der Waals surface area contributed by atoms with Crippen molar-refractivity contribution in [3.63, 3.8) is 0 Å². The van der Waals surface area contributed by atoms with Crippen LogP contribution >= 0.6 is 0 Å². The van der Waals surface area contributed by atoms with Gasteiger partial charge in [-0.1, -0.05) is 24.3 Å². The van der Waals surface area contributed by atoms with Gasteiger partial charge in [-0.3, -0.25) is 9.59 Å². The molecule has 112 valence electrons. The molecule has 2 aliphatic carbocycles. The molecule has 0 aromatic heterocycles. The van der Waals surface area contributed by atoms with Gasteiger partial charge >= 0.3 is 11.9 Å². The normalized spacial score (nSPS) is 25.6. The highest BCUT2D eigenvalue weighted by Crippen LogP contribution is 2.53. The molecular formula is C17H20O4. The van der Waals surface area contributed by atoms with E-state index in [-0.39, 0.29) is 5.92 Å². The number of benzene rings is 1. The van der Waals surface area contributed by atoms with Crippen LogP contribution in [-0.4, -0.2) is 26.2 Å². The number of carbonyl (C=O) groups excluding carboxylic acids is 2. The minimum Gasteiger partial charge on any atom is -0.468 e. The lowest BCUT2D eigenvalue weighted by atomic mass is 9.67. The standard InChI is InChI=1S/C17H20O4/c1-20-15(18)17(16(19)21-2)8-7-13-9-11-5-3-4-6-12(11)10-14(13)17/h3-6,13-14H,7-10H2,1-2H3/t13-,14+/m1/s1. The molecule has 1 saturated carbocycles. The van der Waals surface area contributed by atoms with Crippen molar-refractivity contribution in [2.45, 2.75) is 25.7 Å². The lowest BCUT2D eigenvalue weighted by Crippen LogP contribution is -2.47. The third kappa shape index (κ3) is 1.96. The van der Waals surface area contributed by atoms with E-state index >= 15 is 0 Å². The van der Waals surface area contributed by atoms with Gasteiger partial charge < -0.3 is 9.47 Å². The van der Waals surface area contributed by atoms with Crippen molar-refractivity contribution < 1.29 is 19.1 Å². The first-order chi connectivity index (χ1) is 10.1. The van der Waals surface area contributed by atoms with Crippen LogP contribution < -0.4 is 0 Å². The van der Waals surface area contributed by atoms with Gasteiger partial charge in [0.2, 0.25) is 0 Å². The van der Waals surface area contributed by atoms with Crippen LogP contribution in [-0.2, 0) is 31.9 Å². The van der Waals surface area contributed by atoms with E-state index in [2.05, 4.69) is 12.1 Å². The second-order valence-corrected chi connectivity index (χ2v) is 6.04. The van der Waals surface area contributed by atoms with Gasteiger partial charge in [0.1, 0.15) is 0 Å². The Morgan fingerprint density at radius 1 is 1.05 bits per heavy atom. The van der Waals surface area contributed by atoms with Crippen LogP contribution in [0, 0.1) is 17.3 Å². The molecular weight excluding hydrogens is 268 g/mol.